The van der Waals surface area contributed by atoms with E-state index in [1.807, 2.05) is 30.3 Å². The van der Waals surface area contributed by atoms with Crippen LogP contribution in [0.25, 0.3) is 0 Å². The number of amides is 3. The highest BCUT2D eigenvalue weighted by atomic mass is 16.4. The zero-order chi connectivity index (χ0) is 23.1. The van der Waals surface area contributed by atoms with Crippen molar-refractivity contribution in [3.05, 3.63) is 35.9 Å². The highest BCUT2D eigenvalue weighted by molar-refractivity contribution is 5.93. The molecule has 1 aromatic rings. The Balaban J connectivity index is 1.61. The summed E-state index contributed by atoms with van der Waals surface area (Å²) < 4.78 is 0. The minimum Gasteiger partial charge on any atom is -0.481 e. The number of carbonyl (C=O) groups is 5. The summed E-state index contributed by atoms with van der Waals surface area (Å²) in [6.07, 6.45) is 2.17. The number of nitrogens with one attached hydrogen (secondary N) is 2. The van der Waals surface area contributed by atoms with Crippen LogP contribution in [-0.2, 0) is 30.4 Å². The molecule has 0 radical (unpaired) electrons. The van der Waals surface area contributed by atoms with Crippen molar-refractivity contribution < 1.29 is 29.1 Å². The molecule has 172 valence electrons. The fourth-order valence-electron chi connectivity index (χ4n) is 4.11. The molecule has 0 unspecified atom stereocenters. The molecule has 10 heteroatoms. The summed E-state index contributed by atoms with van der Waals surface area (Å²) in [5.74, 6) is -2.39. The molecule has 0 aliphatic carbocycles. The van der Waals surface area contributed by atoms with E-state index in [1.54, 1.807) is 5.01 Å². The maximum absolute atomic E-state index is 13.1. The molecule has 2 aliphatic rings. The lowest BCUT2D eigenvalue weighted by Gasteiger charge is -2.48. The number of rotatable bonds is 9. The number of carboxylic acids is 1. The molecule has 32 heavy (non-hydrogen) atoms. The predicted molar refractivity (Wildman–Crippen MR) is 113 cm³/mol. The van der Waals surface area contributed by atoms with Crippen molar-refractivity contribution in [3.8, 4) is 0 Å². The first-order chi connectivity index (χ1) is 15.4. The minimum atomic E-state index is -1.21. The van der Waals surface area contributed by atoms with Crippen LogP contribution in [-0.4, -0.2) is 76.3 Å². The number of nitrogens with zero attached hydrogens (tertiary/aromatic N) is 2. The third kappa shape index (κ3) is 5.91. The molecule has 3 amide bonds. The number of carbonyl (C=O) groups excluding carboxylic acids is 4. The van der Waals surface area contributed by atoms with Gasteiger partial charge >= 0.3 is 5.97 Å². The van der Waals surface area contributed by atoms with Crippen LogP contribution in [0.1, 0.15) is 37.7 Å². The SMILES string of the molecule is O=C[C@H](CC(=O)O)NC(=O)[C@@H]1CCCN2CC[C@H](NC(=O)CCc3ccccc3)C(=O)N12. The number of hydrogen-bond acceptors (Lipinski definition) is 6. The lowest BCUT2D eigenvalue weighted by molar-refractivity contribution is -0.177. The van der Waals surface area contributed by atoms with Gasteiger partial charge in [-0.2, -0.15) is 0 Å². The maximum atomic E-state index is 13.1. The molecule has 2 fully saturated rings. The van der Waals surface area contributed by atoms with Crippen molar-refractivity contribution in [2.75, 3.05) is 13.1 Å². The average Bonchev–Trinajstić information content (AvgIpc) is 2.79. The fourth-order valence-corrected chi connectivity index (χ4v) is 4.11. The summed E-state index contributed by atoms with van der Waals surface area (Å²) >= 11 is 0. The normalized spacial score (nSPS) is 21.9. The summed E-state index contributed by atoms with van der Waals surface area (Å²) in [6, 6.07) is 6.83. The van der Waals surface area contributed by atoms with E-state index < -0.39 is 36.4 Å². The van der Waals surface area contributed by atoms with Crippen molar-refractivity contribution in [3.63, 3.8) is 0 Å². The van der Waals surface area contributed by atoms with Gasteiger partial charge in [-0.25, -0.2) is 5.01 Å². The molecule has 0 bridgehead atoms. The van der Waals surface area contributed by atoms with Crippen molar-refractivity contribution in [1.29, 1.82) is 0 Å². The summed E-state index contributed by atoms with van der Waals surface area (Å²) in [6.45, 7) is 1.11. The molecule has 3 atom stereocenters. The summed E-state index contributed by atoms with van der Waals surface area (Å²) in [4.78, 5) is 60.3. The average molecular weight is 444 g/mol. The Labute approximate surface area is 185 Å². The fraction of sp³-hybridized carbons (Fsp3) is 0.500. The van der Waals surface area contributed by atoms with Crippen LogP contribution < -0.4 is 10.6 Å². The molecule has 2 aliphatic heterocycles. The number of fused-ring (bicyclic) bond motifs is 1. The Kier molecular flexibility index (Phi) is 7.93. The lowest BCUT2D eigenvalue weighted by Crippen LogP contribution is -2.68. The van der Waals surface area contributed by atoms with Gasteiger partial charge in [-0.3, -0.25) is 24.2 Å². The number of hydrogen-bond donors (Lipinski definition) is 3. The number of aldehydes is 1. The van der Waals surface area contributed by atoms with Crippen molar-refractivity contribution in [1.82, 2.24) is 20.7 Å². The van der Waals surface area contributed by atoms with E-state index >= 15 is 0 Å². The van der Waals surface area contributed by atoms with Gasteiger partial charge in [-0.05, 0) is 31.2 Å². The summed E-state index contributed by atoms with van der Waals surface area (Å²) in [7, 11) is 0. The number of aliphatic carboxylic acids is 1. The van der Waals surface area contributed by atoms with Gasteiger partial charge in [-0.1, -0.05) is 30.3 Å². The van der Waals surface area contributed by atoms with Gasteiger partial charge in [0.05, 0.1) is 12.5 Å². The Morgan fingerprint density at radius 3 is 2.59 bits per heavy atom. The second kappa shape index (κ2) is 10.9. The largest absolute Gasteiger partial charge is 0.481 e. The standard InChI is InChI=1S/C22H28N4O6/c27-14-16(13-20(29)30)23-21(31)18-7-4-11-25-12-10-17(22(32)26(18)25)24-19(28)9-8-15-5-2-1-3-6-15/h1-3,5-6,14,16-18H,4,7-13H2,(H,23,31)(H,24,28)(H,29,30)/t16-,17-,18-/m0/s1. The number of carboxylic acid groups (broad SMARTS) is 1. The van der Waals surface area contributed by atoms with Gasteiger partial charge in [-0.15, -0.1) is 0 Å². The van der Waals surface area contributed by atoms with E-state index in [0.29, 0.717) is 45.1 Å². The van der Waals surface area contributed by atoms with Crippen LogP contribution in [0.3, 0.4) is 0 Å². The highest BCUT2D eigenvalue weighted by Gasteiger charge is 2.43. The van der Waals surface area contributed by atoms with E-state index in [1.165, 1.54) is 5.01 Å². The van der Waals surface area contributed by atoms with Gasteiger partial charge in [0.1, 0.15) is 18.4 Å². The number of benzene rings is 1. The van der Waals surface area contributed by atoms with Crippen molar-refractivity contribution in [2.45, 2.75) is 56.7 Å². The number of hydrazine groups is 1. The smallest absolute Gasteiger partial charge is 0.305 e. The van der Waals surface area contributed by atoms with E-state index in [2.05, 4.69) is 10.6 Å². The molecule has 2 saturated heterocycles. The summed E-state index contributed by atoms with van der Waals surface area (Å²) in [5.41, 5.74) is 1.03. The molecule has 0 spiro atoms. The quantitative estimate of drug-likeness (QED) is 0.452. The third-order valence-electron chi connectivity index (χ3n) is 5.70. The monoisotopic (exact) mass is 444 g/mol. The summed E-state index contributed by atoms with van der Waals surface area (Å²) in [5, 5.41) is 17.2. The van der Waals surface area contributed by atoms with Crippen molar-refractivity contribution >= 4 is 30.0 Å². The molecular formula is C22H28N4O6. The molecule has 0 saturated carbocycles. The van der Waals surface area contributed by atoms with Crippen LogP contribution >= 0.6 is 0 Å². The van der Waals surface area contributed by atoms with Gasteiger partial charge < -0.3 is 20.5 Å². The zero-order valence-corrected chi connectivity index (χ0v) is 17.7. The third-order valence-corrected chi connectivity index (χ3v) is 5.70. The first kappa shape index (κ1) is 23.4. The van der Waals surface area contributed by atoms with E-state index in [9.17, 15) is 24.0 Å². The van der Waals surface area contributed by atoms with Crippen LogP contribution in [0.4, 0.5) is 0 Å². The van der Waals surface area contributed by atoms with Crippen LogP contribution in [0.2, 0.25) is 0 Å². The van der Waals surface area contributed by atoms with Gasteiger partial charge in [0, 0.05) is 19.5 Å². The molecule has 0 aromatic heterocycles. The molecule has 3 N–H and O–H groups in total. The first-order valence-electron chi connectivity index (χ1n) is 10.8. The van der Waals surface area contributed by atoms with Crippen LogP contribution in [0.5, 0.6) is 0 Å². The van der Waals surface area contributed by atoms with E-state index in [-0.39, 0.29) is 18.2 Å². The Hall–Kier alpha value is -3.27. The Morgan fingerprint density at radius 1 is 1.16 bits per heavy atom. The molecular weight excluding hydrogens is 416 g/mol. The Bertz CT molecular complexity index is 861. The van der Waals surface area contributed by atoms with E-state index in [4.69, 9.17) is 5.11 Å². The lowest BCUT2D eigenvalue weighted by atomic mass is 10.0. The topological polar surface area (TPSA) is 136 Å². The zero-order valence-electron chi connectivity index (χ0n) is 17.7. The molecule has 3 rings (SSSR count). The predicted octanol–water partition coefficient (Wildman–Crippen LogP) is -0.126. The molecule has 10 nitrogen and oxygen atoms in total. The van der Waals surface area contributed by atoms with E-state index in [0.717, 1.165) is 5.56 Å². The number of aryl methyl sites for hydroxylation is 1. The first-order valence-corrected chi connectivity index (χ1v) is 10.8. The second-order valence-electron chi connectivity index (χ2n) is 8.04. The molecule has 1 aromatic carbocycles. The Morgan fingerprint density at radius 2 is 1.91 bits per heavy atom. The van der Waals surface area contributed by atoms with Gasteiger partial charge in [0.2, 0.25) is 11.8 Å². The highest BCUT2D eigenvalue weighted by Crippen LogP contribution is 2.24. The molecule has 2 heterocycles. The van der Waals surface area contributed by atoms with Gasteiger partial charge in [0.15, 0.2) is 0 Å². The minimum absolute atomic E-state index is 0.235. The van der Waals surface area contributed by atoms with Gasteiger partial charge in [0.25, 0.3) is 5.91 Å². The van der Waals surface area contributed by atoms with Crippen molar-refractivity contribution in [2.24, 2.45) is 0 Å². The maximum Gasteiger partial charge on any atom is 0.305 e. The van der Waals surface area contributed by atoms with Crippen LogP contribution in [0, 0.1) is 0 Å². The second-order valence-corrected chi connectivity index (χ2v) is 8.04. The van der Waals surface area contributed by atoms with Crippen LogP contribution in [0.15, 0.2) is 30.3 Å².